The van der Waals surface area contributed by atoms with Crippen molar-refractivity contribution in [2.24, 2.45) is 11.8 Å². The van der Waals surface area contributed by atoms with E-state index in [-0.39, 0.29) is 52.5 Å². The molecule has 1 aromatic carbocycles. The lowest BCUT2D eigenvalue weighted by atomic mass is 9.70. The summed E-state index contributed by atoms with van der Waals surface area (Å²) in [6, 6.07) is 0. The van der Waals surface area contributed by atoms with E-state index in [1.807, 2.05) is 46.8 Å². The van der Waals surface area contributed by atoms with Crippen molar-refractivity contribution >= 4 is 18.0 Å². The normalized spacial score (nSPS) is 19.8. The molecule has 0 saturated carbocycles. The van der Waals surface area contributed by atoms with Crippen LogP contribution in [0.3, 0.4) is 0 Å². The molecule has 0 radical (unpaired) electrons. The molecule has 2 aliphatic rings. The molecule has 0 spiro atoms. The number of rotatable bonds is 14. The average molecular weight is 635 g/mol. The van der Waals surface area contributed by atoms with Crippen molar-refractivity contribution in [1.29, 1.82) is 0 Å². The zero-order chi connectivity index (χ0) is 34.3. The Labute approximate surface area is 273 Å². The molecule has 1 aliphatic heterocycles. The summed E-state index contributed by atoms with van der Waals surface area (Å²) in [5, 5.41) is 32.2. The third-order valence-electron chi connectivity index (χ3n) is 8.83. The van der Waals surface area contributed by atoms with Gasteiger partial charge in [-0.05, 0) is 93.9 Å². The Balaban J connectivity index is 2.07. The molecule has 0 fully saturated rings. The zero-order valence-electron chi connectivity index (χ0n) is 28.5. The van der Waals surface area contributed by atoms with Crippen LogP contribution in [0.1, 0.15) is 103 Å². The molecule has 0 aromatic heterocycles. The summed E-state index contributed by atoms with van der Waals surface area (Å²) < 4.78 is 12.9. The van der Waals surface area contributed by atoms with Crippen LogP contribution < -0.4 is 4.74 Å². The number of phenols is 2. The number of carboxylic acid groups (broad SMARTS) is 1. The number of allylic oxidation sites excluding steroid dienone is 7. The number of benzene rings is 1. The summed E-state index contributed by atoms with van der Waals surface area (Å²) in [5.74, 6) is -2.68. The number of aliphatic carboxylic acids is 1. The van der Waals surface area contributed by atoms with Crippen molar-refractivity contribution in [2.45, 2.75) is 106 Å². The Morgan fingerprint density at radius 3 is 2.22 bits per heavy atom. The van der Waals surface area contributed by atoms with Gasteiger partial charge in [0.2, 0.25) is 0 Å². The van der Waals surface area contributed by atoms with Crippen molar-refractivity contribution in [3.8, 4) is 17.2 Å². The standard InChI is InChI=1S/C38H50O8/c1-22(2)11-9-12-24(5)15-17-27-32(40)28(16-14-23(3)4)36-31(33(27)41)34(42)29-19-26(21-39)20-30(35(29)46-36)38(7,8)45-18-10-13-25(6)37(43)44/h11,13-15,19,21,26,30,35,40-41H,9-10,12,16-18,20H2,1-8H3,(H,43,44)/b24-15+,25-13+/t26?,30?,35-/m1/s1. The number of ether oxygens (including phenoxy) is 2. The van der Waals surface area contributed by atoms with Gasteiger partial charge in [-0.2, -0.15) is 0 Å². The van der Waals surface area contributed by atoms with E-state index in [1.165, 1.54) is 12.5 Å². The van der Waals surface area contributed by atoms with Crippen molar-refractivity contribution in [3.63, 3.8) is 0 Å². The topological polar surface area (TPSA) is 130 Å². The van der Waals surface area contributed by atoms with Gasteiger partial charge in [-0.15, -0.1) is 0 Å². The molecular weight excluding hydrogens is 584 g/mol. The fraction of sp³-hybridized carbons (Fsp3) is 0.500. The van der Waals surface area contributed by atoms with Crippen LogP contribution in [-0.2, 0) is 27.2 Å². The smallest absolute Gasteiger partial charge is 0.330 e. The third kappa shape index (κ3) is 8.66. The van der Waals surface area contributed by atoms with Gasteiger partial charge in [0.1, 0.15) is 35.2 Å². The number of phenolic OH excluding ortho intramolecular Hbond substituents is 2. The van der Waals surface area contributed by atoms with E-state index in [0.29, 0.717) is 24.8 Å². The predicted molar refractivity (Wildman–Crippen MR) is 180 cm³/mol. The summed E-state index contributed by atoms with van der Waals surface area (Å²) in [5.41, 5.74) is 3.70. The molecule has 1 aromatic rings. The highest BCUT2D eigenvalue weighted by molar-refractivity contribution is 6.15. The van der Waals surface area contributed by atoms with Gasteiger partial charge in [-0.3, -0.25) is 4.79 Å². The summed E-state index contributed by atoms with van der Waals surface area (Å²) in [6.07, 6.45) is 12.3. The number of Topliss-reactive ketones (excluding diaryl/α,β-unsaturated/α-hetero) is 1. The number of fused-ring (bicyclic) bond motifs is 2. The highest BCUT2D eigenvalue weighted by Crippen LogP contribution is 2.51. The summed E-state index contributed by atoms with van der Waals surface area (Å²) in [7, 11) is 0. The maximum absolute atomic E-state index is 14.3. The molecule has 0 bridgehead atoms. The second-order valence-electron chi connectivity index (χ2n) is 13.5. The van der Waals surface area contributed by atoms with Crippen LogP contribution >= 0.6 is 0 Å². The summed E-state index contributed by atoms with van der Waals surface area (Å²) in [4.78, 5) is 37.5. The van der Waals surface area contributed by atoms with E-state index in [1.54, 1.807) is 12.2 Å². The predicted octanol–water partition coefficient (Wildman–Crippen LogP) is 7.76. The molecular formula is C38H50O8. The fourth-order valence-corrected chi connectivity index (χ4v) is 5.99. The average Bonchev–Trinajstić information content (AvgIpc) is 2.98. The lowest BCUT2D eigenvalue weighted by Crippen LogP contribution is -2.50. The number of carbonyl (C=O) groups excluding carboxylic acids is 2. The van der Waals surface area contributed by atoms with Crippen molar-refractivity contribution in [3.05, 3.63) is 74.9 Å². The maximum Gasteiger partial charge on any atom is 0.330 e. The van der Waals surface area contributed by atoms with E-state index in [0.717, 1.165) is 30.3 Å². The van der Waals surface area contributed by atoms with E-state index in [9.17, 15) is 24.6 Å². The van der Waals surface area contributed by atoms with Gasteiger partial charge < -0.3 is 29.6 Å². The number of carboxylic acids is 1. The number of aldehydes is 1. The second-order valence-corrected chi connectivity index (χ2v) is 13.5. The summed E-state index contributed by atoms with van der Waals surface area (Å²) >= 11 is 0. The number of hydrogen-bond donors (Lipinski definition) is 3. The van der Waals surface area contributed by atoms with Crippen LogP contribution in [0.25, 0.3) is 0 Å². The Bertz CT molecular complexity index is 1490. The van der Waals surface area contributed by atoms with Crippen LogP contribution in [0.2, 0.25) is 0 Å². The van der Waals surface area contributed by atoms with E-state index in [4.69, 9.17) is 14.6 Å². The van der Waals surface area contributed by atoms with Gasteiger partial charge in [0, 0.05) is 34.1 Å². The highest BCUT2D eigenvalue weighted by Gasteiger charge is 2.49. The van der Waals surface area contributed by atoms with Crippen LogP contribution in [0, 0.1) is 11.8 Å². The summed E-state index contributed by atoms with van der Waals surface area (Å²) in [6.45, 7) is 15.5. The molecule has 3 atom stereocenters. The first-order valence-corrected chi connectivity index (χ1v) is 16.0. The fourth-order valence-electron chi connectivity index (χ4n) is 5.99. The number of hydrogen-bond acceptors (Lipinski definition) is 7. The lowest BCUT2D eigenvalue weighted by molar-refractivity contribution is -0.132. The molecule has 0 saturated heterocycles. The van der Waals surface area contributed by atoms with Gasteiger partial charge >= 0.3 is 5.97 Å². The van der Waals surface area contributed by atoms with Gasteiger partial charge in [-0.1, -0.05) is 47.1 Å². The number of carbonyl (C=O) groups is 3. The van der Waals surface area contributed by atoms with Crippen molar-refractivity contribution < 1.29 is 39.2 Å². The molecule has 3 rings (SSSR count). The first-order chi connectivity index (χ1) is 21.6. The Hall–Kier alpha value is -3.91. The molecule has 8 nitrogen and oxygen atoms in total. The van der Waals surface area contributed by atoms with Gasteiger partial charge in [0.05, 0.1) is 12.2 Å². The van der Waals surface area contributed by atoms with E-state index >= 15 is 0 Å². The molecule has 1 aliphatic carbocycles. The van der Waals surface area contributed by atoms with Crippen LogP contribution in [0.4, 0.5) is 0 Å². The lowest BCUT2D eigenvalue weighted by Gasteiger charge is -2.45. The molecule has 0 amide bonds. The molecule has 46 heavy (non-hydrogen) atoms. The van der Waals surface area contributed by atoms with Gasteiger partial charge in [-0.25, -0.2) is 4.79 Å². The minimum Gasteiger partial charge on any atom is -0.507 e. The molecule has 3 N–H and O–H groups in total. The minimum absolute atomic E-state index is 0.00126. The Kier molecular flexibility index (Phi) is 12.4. The van der Waals surface area contributed by atoms with Crippen molar-refractivity contribution in [1.82, 2.24) is 0 Å². The van der Waals surface area contributed by atoms with Crippen LogP contribution in [-0.4, -0.2) is 51.7 Å². The van der Waals surface area contributed by atoms with E-state index < -0.39 is 35.3 Å². The quantitative estimate of drug-likeness (QED) is 0.0819. The third-order valence-corrected chi connectivity index (χ3v) is 8.83. The van der Waals surface area contributed by atoms with Crippen molar-refractivity contribution in [2.75, 3.05) is 6.61 Å². The number of ketones is 1. The molecule has 250 valence electrons. The SMILES string of the molecule is CC(C)=CCC/C(C)=C/Cc1c(O)c(CC=C(C)C)c2c(c1O)C(=O)C1=CC(C=O)CC(C(C)(C)OCC/C=C(\C)C(=O)O)[C@@H]1O2. The molecule has 8 heteroatoms. The van der Waals surface area contributed by atoms with Gasteiger partial charge in [0.25, 0.3) is 0 Å². The maximum atomic E-state index is 14.3. The Morgan fingerprint density at radius 2 is 1.61 bits per heavy atom. The Morgan fingerprint density at radius 1 is 0.957 bits per heavy atom. The number of aromatic hydroxyl groups is 2. The first-order valence-electron chi connectivity index (χ1n) is 16.0. The largest absolute Gasteiger partial charge is 0.507 e. The highest BCUT2D eigenvalue weighted by atomic mass is 16.5. The molecule has 1 heterocycles. The monoisotopic (exact) mass is 634 g/mol. The van der Waals surface area contributed by atoms with Crippen LogP contribution in [0.15, 0.2) is 58.2 Å². The first kappa shape index (κ1) is 36.6. The van der Waals surface area contributed by atoms with Gasteiger partial charge in [0.15, 0.2) is 5.78 Å². The zero-order valence-corrected chi connectivity index (χ0v) is 28.5. The van der Waals surface area contributed by atoms with E-state index in [2.05, 4.69) is 19.9 Å². The second kappa shape index (κ2) is 15.6. The minimum atomic E-state index is -0.993. The van der Waals surface area contributed by atoms with Crippen LogP contribution in [0.5, 0.6) is 17.2 Å². The molecule has 2 unspecified atom stereocenters.